The van der Waals surface area contributed by atoms with Crippen molar-refractivity contribution >= 4 is 29.0 Å². The second-order valence-corrected chi connectivity index (χ2v) is 4.76. The topological polar surface area (TPSA) is 77.8 Å². The van der Waals surface area contributed by atoms with E-state index in [-0.39, 0.29) is 0 Å². The Morgan fingerprint density at radius 1 is 1.29 bits per heavy atom. The van der Waals surface area contributed by atoms with Gasteiger partial charge in [0, 0.05) is 18.0 Å². The van der Waals surface area contributed by atoms with Gasteiger partial charge in [0.1, 0.15) is 4.88 Å². The first-order valence-electron chi connectivity index (χ1n) is 5.08. The number of aromatic carboxylic acids is 1. The van der Waals surface area contributed by atoms with Gasteiger partial charge < -0.3 is 15.1 Å². The second-order valence-electron chi connectivity index (χ2n) is 3.68. The van der Waals surface area contributed by atoms with E-state index >= 15 is 0 Å². The third-order valence-electron chi connectivity index (χ3n) is 2.61. The molecule has 0 fully saturated rings. The molecule has 1 aliphatic heterocycles. The Kier molecular flexibility index (Phi) is 3.14. The number of thiophene rings is 1. The SMILES string of the molecule is O=C(O)c1ccc(C2=CCN(C(=O)O)CC2)s1. The molecule has 0 radical (unpaired) electrons. The lowest BCUT2D eigenvalue weighted by Crippen LogP contribution is -2.33. The van der Waals surface area contributed by atoms with Crippen molar-refractivity contribution in [3.63, 3.8) is 0 Å². The Morgan fingerprint density at radius 3 is 2.53 bits per heavy atom. The summed E-state index contributed by atoms with van der Waals surface area (Å²) in [5.74, 6) is -0.926. The molecule has 0 aromatic carbocycles. The predicted molar refractivity (Wildman–Crippen MR) is 63.5 cm³/mol. The summed E-state index contributed by atoms with van der Waals surface area (Å²) in [5.41, 5.74) is 1.03. The van der Waals surface area contributed by atoms with Crippen LogP contribution in [-0.4, -0.2) is 40.3 Å². The van der Waals surface area contributed by atoms with Crippen LogP contribution in [0.4, 0.5) is 4.79 Å². The van der Waals surface area contributed by atoms with E-state index in [0.717, 1.165) is 10.5 Å². The van der Waals surface area contributed by atoms with Crippen molar-refractivity contribution in [2.45, 2.75) is 6.42 Å². The van der Waals surface area contributed by atoms with Crippen molar-refractivity contribution in [3.05, 3.63) is 28.0 Å². The first-order chi connectivity index (χ1) is 8.08. The number of hydrogen-bond donors (Lipinski definition) is 2. The first-order valence-corrected chi connectivity index (χ1v) is 5.90. The van der Waals surface area contributed by atoms with E-state index in [2.05, 4.69) is 0 Å². The van der Waals surface area contributed by atoms with Gasteiger partial charge in [0.05, 0.1) is 0 Å². The number of amides is 1. The van der Waals surface area contributed by atoms with Gasteiger partial charge in [-0.3, -0.25) is 0 Å². The quantitative estimate of drug-likeness (QED) is 0.847. The van der Waals surface area contributed by atoms with E-state index in [1.54, 1.807) is 12.1 Å². The fraction of sp³-hybridized carbons (Fsp3) is 0.273. The highest BCUT2D eigenvalue weighted by Gasteiger charge is 2.18. The van der Waals surface area contributed by atoms with Crippen LogP contribution in [0.2, 0.25) is 0 Å². The molecule has 0 saturated heterocycles. The summed E-state index contributed by atoms with van der Waals surface area (Å²) in [6, 6.07) is 3.35. The van der Waals surface area contributed by atoms with Crippen molar-refractivity contribution in [1.82, 2.24) is 4.90 Å². The van der Waals surface area contributed by atoms with Crippen molar-refractivity contribution in [2.24, 2.45) is 0 Å². The minimum absolute atomic E-state index is 0.307. The average molecular weight is 253 g/mol. The van der Waals surface area contributed by atoms with Gasteiger partial charge in [-0.25, -0.2) is 9.59 Å². The van der Waals surface area contributed by atoms with E-state index in [1.165, 1.54) is 16.2 Å². The highest BCUT2D eigenvalue weighted by atomic mass is 32.1. The van der Waals surface area contributed by atoms with Gasteiger partial charge >= 0.3 is 12.1 Å². The Bertz CT molecular complexity index is 491. The first kappa shape index (κ1) is 11.7. The number of carboxylic acids is 1. The molecule has 1 amide bonds. The van der Waals surface area contributed by atoms with Crippen molar-refractivity contribution in [3.8, 4) is 0 Å². The van der Waals surface area contributed by atoms with Gasteiger partial charge in [-0.2, -0.15) is 0 Å². The lowest BCUT2D eigenvalue weighted by Gasteiger charge is -2.23. The number of nitrogens with zero attached hydrogens (tertiary/aromatic N) is 1. The Hall–Kier alpha value is -1.82. The molecule has 1 aromatic heterocycles. The molecule has 0 saturated carbocycles. The highest BCUT2D eigenvalue weighted by molar-refractivity contribution is 7.15. The summed E-state index contributed by atoms with van der Waals surface area (Å²) >= 11 is 1.22. The number of rotatable bonds is 2. The van der Waals surface area contributed by atoms with Crippen LogP contribution in [0.5, 0.6) is 0 Å². The summed E-state index contributed by atoms with van der Waals surface area (Å²) in [5, 5.41) is 17.6. The zero-order chi connectivity index (χ0) is 12.4. The number of hydrogen-bond acceptors (Lipinski definition) is 3. The van der Waals surface area contributed by atoms with Crippen LogP contribution in [0.3, 0.4) is 0 Å². The molecule has 17 heavy (non-hydrogen) atoms. The summed E-state index contributed by atoms with van der Waals surface area (Å²) < 4.78 is 0. The van der Waals surface area contributed by atoms with Gasteiger partial charge in [0.25, 0.3) is 0 Å². The summed E-state index contributed by atoms with van der Waals surface area (Å²) in [7, 11) is 0. The molecule has 1 aliphatic rings. The van der Waals surface area contributed by atoms with Crippen LogP contribution in [0.15, 0.2) is 18.2 Å². The van der Waals surface area contributed by atoms with Crippen LogP contribution in [0, 0.1) is 0 Å². The van der Waals surface area contributed by atoms with Gasteiger partial charge in [-0.15, -0.1) is 11.3 Å². The molecule has 0 unspecified atom stereocenters. The molecule has 0 aliphatic carbocycles. The van der Waals surface area contributed by atoms with Gasteiger partial charge in [0.15, 0.2) is 0 Å². The van der Waals surface area contributed by atoms with E-state index in [0.29, 0.717) is 24.4 Å². The molecule has 0 atom stereocenters. The largest absolute Gasteiger partial charge is 0.477 e. The second kappa shape index (κ2) is 4.58. The molecule has 2 N–H and O–H groups in total. The van der Waals surface area contributed by atoms with E-state index in [4.69, 9.17) is 10.2 Å². The normalized spacial score (nSPS) is 15.5. The van der Waals surface area contributed by atoms with Crippen LogP contribution in [0.25, 0.3) is 5.57 Å². The monoisotopic (exact) mass is 253 g/mol. The van der Waals surface area contributed by atoms with Crippen molar-refractivity contribution in [2.75, 3.05) is 13.1 Å². The van der Waals surface area contributed by atoms with E-state index < -0.39 is 12.1 Å². The van der Waals surface area contributed by atoms with Crippen molar-refractivity contribution in [1.29, 1.82) is 0 Å². The lowest BCUT2D eigenvalue weighted by atomic mass is 10.1. The van der Waals surface area contributed by atoms with Crippen LogP contribution in [-0.2, 0) is 0 Å². The van der Waals surface area contributed by atoms with Gasteiger partial charge in [-0.05, 0) is 24.1 Å². The smallest absolute Gasteiger partial charge is 0.407 e. The molecule has 1 aromatic rings. The Balaban J connectivity index is 2.13. The fourth-order valence-electron chi connectivity index (χ4n) is 1.69. The van der Waals surface area contributed by atoms with Gasteiger partial charge in [-0.1, -0.05) is 6.08 Å². The third-order valence-corrected chi connectivity index (χ3v) is 3.76. The van der Waals surface area contributed by atoms with Crippen LogP contribution < -0.4 is 0 Å². The predicted octanol–water partition coefficient (Wildman–Crippen LogP) is 2.21. The standard InChI is InChI=1S/C11H11NO4S/c13-10(14)9-2-1-8(17-9)7-3-5-12(6-4-7)11(15)16/h1-3H,4-6H2,(H,13,14)(H,15,16). The molecule has 0 bridgehead atoms. The van der Waals surface area contributed by atoms with Crippen molar-refractivity contribution < 1.29 is 19.8 Å². The highest BCUT2D eigenvalue weighted by Crippen LogP contribution is 2.28. The fourth-order valence-corrected chi connectivity index (χ4v) is 2.60. The zero-order valence-corrected chi connectivity index (χ0v) is 9.74. The van der Waals surface area contributed by atoms with Crippen LogP contribution >= 0.6 is 11.3 Å². The molecule has 2 heterocycles. The number of carboxylic acid groups (broad SMARTS) is 2. The third kappa shape index (κ3) is 2.47. The minimum Gasteiger partial charge on any atom is -0.477 e. The van der Waals surface area contributed by atoms with Crippen LogP contribution in [0.1, 0.15) is 21.0 Å². The maximum atomic E-state index is 10.7. The molecule has 2 rings (SSSR count). The maximum absolute atomic E-state index is 10.7. The van der Waals surface area contributed by atoms with E-state index in [1.807, 2.05) is 6.08 Å². The molecule has 5 nitrogen and oxygen atoms in total. The number of carbonyl (C=O) groups is 2. The molecule has 90 valence electrons. The lowest BCUT2D eigenvalue weighted by molar-refractivity contribution is 0.0702. The summed E-state index contributed by atoms with van der Waals surface area (Å²) in [4.78, 5) is 24.0. The Labute approximate surface area is 102 Å². The molecular weight excluding hydrogens is 242 g/mol. The Morgan fingerprint density at radius 2 is 2.06 bits per heavy atom. The average Bonchev–Trinajstić information content (AvgIpc) is 2.78. The molecule has 6 heteroatoms. The molecule has 0 spiro atoms. The molecular formula is C11H11NO4S. The summed E-state index contributed by atoms with van der Waals surface area (Å²) in [6.45, 7) is 0.826. The van der Waals surface area contributed by atoms with E-state index in [9.17, 15) is 9.59 Å². The maximum Gasteiger partial charge on any atom is 0.407 e. The minimum atomic E-state index is -0.926. The zero-order valence-electron chi connectivity index (χ0n) is 8.92. The van der Waals surface area contributed by atoms with Gasteiger partial charge in [0.2, 0.25) is 0 Å². The summed E-state index contributed by atoms with van der Waals surface area (Å²) in [6.07, 6.45) is 1.55.